The van der Waals surface area contributed by atoms with Gasteiger partial charge in [0.15, 0.2) is 17.3 Å². The summed E-state index contributed by atoms with van der Waals surface area (Å²) in [5.41, 5.74) is 2.85. The van der Waals surface area contributed by atoms with Gasteiger partial charge in [-0.25, -0.2) is 13.8 Å². The minimum Gasteiger partial charge on any atom is -0.466 e. The summed E-state index contributed by atoms with van der Waals surface area (Å²) < 4.78 is 37.8. The summed E-state index contributed by atoms with van der Waals surface area (Å²) in [5.74, 6) is -4.26. The van der Waals surface area contributed by atoms with Gasteiger partial charge < -0.3 is 19.4 Å². The second-order valence-corrected chi connectivity index (χ2v) is 12.9. The number of carbonyl (C=O) groups is 3. The van der Waals surface area contributed by atoms with Crippen LogP contribution in [0.3, 0.4) is 0 Å². The number of fused-ring (bicyclic) bond motifs is 2. The number of imidazole rings is 1. The SMILES string of the molecule is CCOC(=O)CC(NC(=O)[C@@H]1[C@@H]2C(CN1C(=O)c1cn3ccncc3n1)C2(C)C)c1cc(-c2c(C)cc(C#N)cc2C)cc(F)c1F. The number of piperidine rings is 1. The number of benzene rings is 2. The van der Waals surface area contributed by atoms with Gasteiger partial charge in [0.1, 0.15) is 11.7 Å². The first-order valence-electron chi connectivity index (χ1n) is 15.4. The average Bonchev–Trinajstić information content (AvgIpc) is 3.39. The van der Waals surface area contributed by atoms with Gasteiger partial charge in [0.2, 0.25) is 5.91 Å². The molecule has 3 heterocycles. The zero-order valence-electron chi connectivity index (χ0n) is 26.7. The van der Waals surface area contributed by atoms with Crippen molar-refractivity contribution in [3.63, 3.8) is 0 Å². The van der Waals surface area contributed by atoms with Gasteiger partial charge in [0.05, 0.1) is 36.9 Å². The van der Waals surface area contributed by atoms with Crippen LogP contribution in [-0.4, -0.2) is 56.2 Å². The third-order valence-electron chi connectivity index (χ3n) is 9.60. The van der Waals surface area contributed by atoms with Crippen molar-refractivity contribution in [2.45, 2.75) is 53.1 Å². The first kappa shape index (κ1) is 31.8. The van der Waals surface area contributed by atoms with Crippen LogP contribution in [0, 0.1) is 54.1 Å². The number of nitrogens with zero attached hydrogens (tertiary/aromatic N) is 5. The molecule has 1 aliphatic heterocycles. The quantitative estimate of drug-likeness (QED) is 0.266. The maximum atomic E-state index is 15.7. The number of hydrogen-bond donors (Lipinski definition) is 1. The monoisotopic (exact) mass is 640 g/mol. The molecule has 4 atom stereocenters. The molecular formula is C35H34F2N6O4. The van der Waals surface area contributed by atoms with Crippen LogP contribution in [0.1, 0.15) is 66.0 Å². The summed E-state index contributed by atoms with van der Waals surface area (Å²) in [6.07, 6.45) is 5.86. The van der Waals surface area contributed by atoms with Gasteiger partial charge in [0.25, 0.3) is 5.91 Å². The van der Waals surface area contributed by atoms with Crippen molar-refractivity contribution in [3.05, 3.63) is 88.6 Å². The average molecular weight is 641 g/mol. The Bertz CT molecular complexity index is 1930. The lowest BCUT2D eigenvalue weighted by atomic mass is 9.90. The molecule has 1 saturated carbocycles. The summed E-state index contributed by atoms with van der Waals surface area (Å²) in [5, 5.41) is 12.2. The lowest BCUT2D eigenvalue weighted by molar-refractivity contribution is -0.144. The Morgan fingerprint density at radius 1 is 1.17 bits per heavy atom. The molecule has 12 heteroatoms. The van der Waals surface area contributed by atoms with Crippen LogP contribution >= 0.6 is 0 Å². The number of hydrogen-bond acceptors (Lipinski definition) is 7. The standard InChI is InChI=1S/C35H34F2N6O4/c1-6-47-28(44)13-25(22-11-21(12-24(36)31(22)37)29-18(2)9-20(14-38)10-19(29)3)41-33(45)32-30-23(35(30,4)5)16-43(32)34(46)26-17-42-8-7-39-15-27(42)40-26/h7-12,15,17,23,25,30,32H,6,13,16H2,1-5H3,(H,41,45)/t23?,25?,30-,32-/m0/s1. The molecule has 0 bridgehead atoms. The minimum absolute atomic E-state index is 0.0456. The fraction of sp³-hybridized carbons (Fsp3) is 0.371. The van der Waals surface area contributed by atoms with Crippen LogP contribution < -0.4 is 5.32 Å². The molecule has 2 aromatic carbocycles. The fourth-order valence-corrected chi connectivity index (χ4v) is 7.26. The Morgan fingerprint density at radius 2 is 1.89 bits per heavy atom. The maximum absolute atomic E-state index is 15.7. The Kier molecular flexibility index (Phi) is 8.03. The van der Waals surface area contributed by atoms with Gasteiger partial charge in [-0.3, -0.25) is 19.4 Å². The number of aromatic nitrogens is 3. The normalized spacial score (nSPS) is 20.0. The molecule has 0 radical (unpaired) electrons. The van der Waals surface area contributed by atoms with E-state index in [-0.39, 0.29) is 35.1 Å². The molecule has 6 rings (SSSR count). The predicted molar refractivity (Wildman–Crippen MR) is 167 cm³/mol. The molecule has 242 valence electrons. The lowest BCUT2D eigenvalue weighted by Gasteiger charge is -2.31. The van der Waals surface area contributed by atoms with Crippen LogP contribution in [0.15, 0.2) is 49.1 Å². The number of aryl methyl sites for hydroxylation is 2. The second-order valence-electron chi connectivity index (χ2n) is 12.9. The molecular weight excluding hydrogens is 606 g/mol. The molecule has 1 aliphatic carbocycles. The van der Waals surface area contributed by atoms with E-state index in [0.717, 1.165) is 6.07 Å². The molecule has 2 aromatic heterocycles. The van der Waals surface area contributed by atoms with E-state index >= 15 is 8.78 Å². The number of nitriles is 1. The Balaban J connectivity index is 1.37. The van der Waals surface area contributed by atoms with Crippen LogP contribution in [0.4, 0.5) is 8.78 Å². The van der Waals surface area contributed by atoms with E-state index in [2.05, 4.69) is 21.4 Å². The largest absolute Gasteiger partial charge is 0.466 e. The first-order chi connectivity index (χ1) is 22.3. The van der Waals surface area contributed by atoms with Crippen molar-refractivity contribution >= 4 is 23.4 Å². The molecule has 2 amide bonds. The highest BCUT2D eigenvalue weighted by molar-refractivity contribution is 5.98. The molecule has 10 nitrogen and oxygen atoms in total. The third kappa shape index (κ3) is 5.60. The van der Waals surface area contributed by atoms with Crippen LogP contribution in [0.25, 0.3) is 16.8 Å². The topological polar surface area (TPSA) is 130 Å². The van der Waals surface area contributed by atoms with E-state index in [4.69, 9.17) is 4.74 Å². The maximum Gasteiger partial charge on any atom is 0.308 e. The Hall–Kier alpha value is -5.18. The van der Waals surface area contributed by atoms with Crippen molar-refractivity contribution in [3.8, 4) is 17.2 Å². The number of likely N-dealkylation sites (tertiary alicyclic amines) is 1. The Labute approximate surface area is 270 Å². The number of ether oxygens (including phenoxy) is 1. The molecule has 2 fully saturated rings. The van der Waals surface area contributed by atoms with Crippen LogP contribution in [0.5, 0.6) is 0 Å². The zero-order valence-corrected chi connectivity index (χ0v) is 26.7. The summed E-state index contributed by atoms with van der Waals surface area (Å²) in [7, 11) is 0. The molecule has 0 spiro atoms. The van der Waals surface area contributed by atoms with E-state index in [1.165, 1.54) is 17.2 Å². The van der Waals surface area contributed by atoms with Crippen molar-refractivity contribution < 1.29 is 27.9 Å². The van der Waals surface area contributed by atoms with Crippen molar-refractivity contribution in [2.24, 2.45) is 17.3 Å². The number of amides is 2. The number of esters is 1. The highest BCUT2D eigenvalue weighted by atomic mass is 19.2. The summed E-state index contributed by atoms with van der Waals surface area (Å²) in [6, 6.07) is 5.62. The third-order valence-corrected chi connectivity index (χ3v) is 9.60. The van der Waals surface area contributed by atoms with Gasteiger partial charge in [-0.2, -0.15) is 5.26 Å². The second kappa shape index (κ2) is 11.9. The molecule has 1 saturated heterocycles. The van der Waals surface area contributed by atoms with Gasteiger partial charge >= 0.3 is 5.97 Å². The smallest absolute Gasteiger partial charge is 0.308 e. The van der Waals surface area contributed by atoms with E-state index in [9.17, 15) is 19.6 Å². The minimum atomic E-state index is -1.31. The predicted octanol–water partition coefficient (Wildman–Crippen LogP) is 5.07. The summed E-state index contributed by atoms with van der Waals surface area (Å²) in [6.45, 7) is 9.57. The van der Waals surface area contributed by atoms with Gasteiger partial charge in [-0.05, 0) is 84.5 Å². The van der Waals surface area contributed by atoms with E-state index in [0.29, 0.717) is 40.0 Å². The van der Waals surface area contributed by atoms with Crippen molar-refractivity contribution in [1.29, 1.82) is 5.26 Å². The number of carbonyl (C=O) groups excluding carboxylic acids is 3. The first-order valence-corrected chi connectivity index (χ1v) is 15.4. The van der Waals surface area contributed by atoms with Gasteiger partial charge in [0, 0.05) is 30.7 Å². The van der Waals surface area contributed by atoms with Gasteiger partial charge in [-0.15, -0.1) is 0 Å². The van der Waals surface area contributed by atoms with E-state index < -0.39 is 47.9 Å². The van der Waals surface area contributed by atoms with E-state index in [1.54, 1.807) is 55.9 Å². The summed E-state index contributed by atoms with van der Waals surface area (Å²) >= 11 is 0. The van der Waals surface area contributed by atoms with Crippen LogP contribution in [-0.2, 0) is 14.3 Å². The molecule has 2 unspecified atom stereocenters. The highest BCUT2D eigenvalue weighted by Crippen LogP contribution is 2.65. The Morgan fingerprint density at radius 3 is 2.55 bits per heavy atom. The molecule has 2 aliphatic rings. The molecule has 4 aromatic rings. The number of rotatable bonds is 8. The summed E-state index contributed by atoms with van der Waals surface area (Å²) in [4.78, 5) is 50.7. The van der Waals surface area contributed by atoms with E-state index in [1.807, 2.05) is 13.8 Å². The highest BCUT2D eigenvalue weighted by Gasteiger charge is 2.69. The van der Waals surface area contributed by atoms with Crippen LogP contribution in [0.2, 0.25) is 0 Å². The zero-order chi connectivity index (χ0) is 33.8. The van der Waals surface area contributed by atoms with Gasteiger partial charge in [-0.1, -0.05) is 13.8 Å². The van der Waals surface area contributed by atoms with Crippen molar-refractivity contribution in [1.82, 2.24) is 24.6 Å². The molecule has 47 heavy (non-hydrogen) atoms. The fourth-order valence-electron chi connectivity index (χ4n) is 7.26. The number of halogens is 2. The lowest BCUT2D eigenvalue weighted by Crippen LogP contribution is -2.51. The molecule has 1 N–H and O–H groups in total. The number of nitrogens with one attached hydrogen (secondary N) is 1. The van der Waals surface area contributed by atoms with Crippen molar-refractivity contribution in [2.75, 3.05) is 13.2 Å².